The number of ether oxygens (including phenoxy) is 2. The van der Waals surface area contributed by atoms with Crippen molar-refractivity contribution >= 4 is 133 Å². The van der Waals surface area contributed by atoms with E-state index in [2.05, 4.69) is 5.32 Å². The minimum atomic E-state index is -4.97. The van der Waals surface area contributed by atoms with Crippen molar-refractivity contribution in [2.45, 2.75) is 75.0 Å². The molecule has 3 fully saturated rings. The number of imide groups is 1. The number of carboxylic acid groups (broad SMARTS) is 1. The van der Waals surface area contributed by atoms with Gasteiger partial charge >= 0.3 is 26.0 Å². The molecule has 3 saturated carbocycles. The number of halogens is 2. The number of hydrogen-bond acceptors (Lipinski definition) is 14. The Hall–Kier alpha value is -6.07. The predicted molar refractivity (Wildman–Crippen MR) is 307 cm³/mol. The molecule has 4 aromatic carbocycles. The van der Waals surface area contributed by atoms with Gasteiger partial charge in [0.25, 0.3) is 11.8 Å². The number of carbonyl (C=O) groups excluding carboxylic acids is 7. The molecule has 3 heterocycles. The van der Waals surface area contributed by atoms with Crippen LogP contribution >= 0.6 is 52.6 Å². The normalized spacial score (nSPS) is 21.2. The van der Waals surface area contributed by atoms with Crippen molar-refractivity contribution in [3.05, 3.63) is 83.9 Å². The molecule has 2 bridgehead atoms. The van der Waals surface area contributed by atoms with Crippen LogP contribution < -0.4 is 24.4 Å². The van der Waals surface area contributed by atoms with Crippen molar-refractivity contribution in [1.29, 1.82) is 0 Å². The van der Waals surface area contributed by atoms with Crippen LogP contribution in [0.3, 0.4) is 0 Å². The molecule has 0 radical (unpaired) electrons. The first-order valence-corrected chi connectivity index (χ1v) is 31.3. The largest absolute Gasteiger partial charge is 0.524 e. The highest BCUT2D eigenvalue weighted by atomic mass is 35.5. The van der Waals surface area contributed by atoms with Gasteiger partial charge in [-0.2, -0.15) is 0 Å². The summed E-state index contributed by atoms with van der Waals surface area (Å²) in [5.74, 6) is -2.63. The van der Waals surface area contributed by atoms with E-state index in [0.29, 0.717) is 66.1 Å². The van der Waals surface area contributed by atoms with Gasteiger partial charge in [0.2, 0.25) is 17.7 Å². The molecule has 7 amide bonds. The molecular formula is C55H61Cl2N6O15PS2. The average Bonchev–Trinajstić information content (AvgIpc) is 4.25. The summed E-state index contributed by atoms with van der Waals surface area (Å²) in [4.78, 5) is 131. The van der Waals surface area contributed by atoms with Crippen LogP contribution in [0.25, 0.3) is 21.5 Å². The zero-order valence-corrected chi connectivity index (χ0v) is 48.6. The third-order valence-electron chi connectivity index (χ3n) is 15.6. The molecule has 0 saturated heterocycles. The average molecular weight is 1210 g/mol. The zero-order valence-electron chi connectivity index (χ0n) is 44.5. The third kappa shape index (κ3) is 12.4. The molecule has 4 atom stereocenters. The Morgan fingerprint density at radius 1 is 0.765 bits per heavy atom. The molecule has 432 valence electrons. The Balaban J connectivity index is 0.761. The molecule has 21 nitrogen and oxygen atoms in total. The van der Waals surface area contributed by atoms with Crippen LogP contribution in [0.4, 0.5) is 21.0 Å². The second-order valence-electron chi connectivity index (χ2n) is 21.3. The molecule has 3 aliphatic heterocycles. The summed E-state index contributed by atoms with van der Waals surface area (Å²) >= 11 is 13.1. The van der Waals surface area contributed by atoms with Crippen LogP contribution in [0.2, 0.25) is 0 Å². The van der Waals surface area contributed by atoms with Gasteiger partial charge in [-0.1, -0.05) is 76.5 Å². The quantitative estimate of drug-likeness (QED) is 0.0170. The van der Waals surface area contributed by atoms with E-state index in [1.54, 1.807) is 41.0 Å². The van der Waals surface area contributed by atoms with Crippen molar-refractivity contribution in [3.8, 4) is 11.5 Å². The van der Waals surface area contributed by atoms with E-state index in [-0.39, 0.29) is 115 Å². The number of unbranched alkanes of at least 4 members (excludes halogenated alkanes) is 2. The minimum absolute atomic E-state index is 0.00726. The van der Waals surface area contributed by atoms with E-state index in [9.17, 15) is 57.8 Å². The van der Waals surface area contributed by atoms with E-state index in [1.807, 2.05) is 30.3 Å². The molecule has 81 heavy (non-hydrogen) atoms. The highest BCUT2D eigenvalue weighted by Gasteiger charge is 2.76. The highest BCUT2D eigenvalue weighted by molar-refractivity contribution is 8.77. The number of phosphoric acid groups is 1. The number of hydrogen-bond donors (Lipinski definition) is 4. The maximum absolute atomic E-state index is 14.8. The maximum Gasteiger partial charge on any atom is 0.524 e. The molecule has 10 rings (SSSR count). The van der Waals surface area contributed by atoms with Crippen LogP contribution in [0.15, 0.2) is 72.8 Å². The molecule has 6 aliphatic rings. The fourth-order valence-electron chi connectivity index (χ4n) is 11.6. The Morgan fingerprint density at radius 3 is 1.79 bits per heavy atom. The first-order valence-electron chi connectivity index (χ1n) is 26.3. The summed E-state index contributed by atoms with van der Waals surface area (Å²) in [6.45, 7) is 2.70. The molecule has 3 aliphatic carbocycles. The molecule has 0 aromatic heterocycles. The van der Waals surface area contributed by atoms with E-state index in [4.69, 9.17) is 37.2 Å². The van der Waals surface area contributed by atoms with E-state index in [0.717, 1.165) is 21.4 Å². The topological polar surface area (TPSA) is 270 Å². The van der Waals surface area contributed by atoms with Crippen molar-refractivity contribution < 1.29 is 71.8 Å². The second-order valence-corrected chi connectivity index (χ2v) is 26.0. The lowest BCUT2D eigenvalue weighted by molar-refractivity contribution is -0.205. The van der Waals surface area contributed by atoms with Gasteiger partial charge in [0.05, 0.1) is 22.2 Å². The van der Waals surface area contributed by atoms with Gasteiger partial charge in [0.1, 0.15) is 24.1 Å². The summed E-state index contributed by atoms with van der Waals surface area (Å²) in [5, 5.41) is 14.5. The SMILES string of the molecule is C[C@H](COC(=O)N(C)CCN(C)C(=O)Oc1cc2c(c3ccccc13)[C@H](CCl)CN2C(=O)C12CC(C(=O)N3C[C@@H](CCl)c4c3cc(OP(=O)(O)O)c3ccccc43)(C1)C2)SSC[C@H](NC(=O)CCCCCN1C(=O)C=CC1=O)C(=O)O. The number of benzene rings is 4. The maximum atomic E-state index is 14.8. The summed E-state index contributed by atoms with van der Waals surface area (Å²) < 4.78 is 28.7. The summed E-state index contributed by atoms with van der Waals surface area (Å²) in [6, 6.07) is 16.4. The second kappa shape index (κ2) is 24.4. The number of phosphoric ester groups is 1. The number of carbonyl (C=O) groups is 8. The van der Waals surface area contributed by atoms with E-state index in [1.165, 1.54) is 63.7 Å². The lowest BCUT2D eigenvalue weighted by atomic mass is 9.34. The van der Waals surface area contributed by atoms with Crippen LogP contribution in [0.1, 0.15) is 74.8 Å². The number of nitrogens with one attached hydrogen (secondary N) is 1. The summed E-state index contributed by atoms with van der Waals surface area (Å²) in [7, 11) is 0.576. The molecule has 26 heteroatoms. The van der Waals surface area contributed by atoms with E-state index < -0.39 is 48.8 Å². The number of amides is 7. The number of rotatable bonds is 24. The lowest BCUT2D eigenvalue weighted by Crippen LogP contribution is -2.73. The summed E-state index contributed by atoms with van der Waals surface area (Å²) in [6.07, 6.45) is 3.56. The monoisotopic (exact) mass is 1210 g/mol. The number of anilines is 2. The van der Waals surface area contributed by atoms with Crippen molar-refractivity contribution in [1.82, 2.24) is 20.0 Å². The summed E-state index contributed by atoms with van der Waals surface area (Å²) in [5.41, 5.74) is 0.979. The van der Waals surface area contributed by atoms with Gasteiger partial charge < -0.3 is 44.0 Å². The van der Waals surface area contributed by atoms with Gasteiger partial charge in [-0.15, -0.1) is 23.2 Å². The number of carboxylic acids is 1. The molecule has 0 spiro atoms. The van der Waals surface area contributed by atoms with Crippen LogP contribution in [-0.2, 0) is 38.1 Å². The Bertz CT molecular complexity index is 3250. The standard InChI is InChI=1S/C55H61Cl2N6O15PS2/c1-32(81-80-28-39(49(67)68)58-44(64)15-5-4-10-18-61-45(65)16-17-46(61)66)27-76-52(71)59(2)19-20-60(3)53(72)77-42-21-40-47(37-13-8-6-11-35(37)42)33(23-56)25-62(40)50(69)54-29-55(30-54,31-54)51(70)63-26-34(24-57)48-38-14-9-7-12-36(38)43(22-41(48)63)78-79(73,74)75/h6-9,11-14,16-17,21-22,32-34,39H,4-5,10,15,18-20,23-31H2,1-3H3,(H,58,64)(H,67,68)(H2,73,74,75)/t32-,33-,34-,39+,54?,55?/m1/s1. The van der Waals surface area contributed by atoms with Crippen molar-refractivity contribution in [2.75, 3.05) is 80.7 Å². The van der Waals surface area contributed by atoms with Gasteiger partial charge in [0, 0.05) is 123 Å². The first-order chi connectivity index (χ1) is 38.6. The van der Waals surface area contributed by atoms with Crippen LogP contribution in [-0.4, -0.2) is 160 Å². The van der Waals surface area contributed by atoms with Gasteiger partial charge in [-0.25, -0.2) is 18.9 Å². The fraction of sp³-hybridized carbons (Fsp3) is 0.455. The first kappa shape index (κ1) is 59.5. The van der Waals surface area contributed by atoms with Crippen LogP contribution in [0.5, 0.6) is 11.5 Å². The zero-order chi connectivity index (χ0) is 58.1. The number of aliphatic carboxylic acids is 1. The Kier molecular flexibility index (Phi) is 17.9. The number of likely N-dealkylation sites (N-methyl/N-ethyl adjacent to an activating group) is 2. The number of fused-ring (bicyclic) bond motifs is 6. The van der Waals surface area contributed by atoms with E-state index >= 15 is 0 Å². The lowest BCUT2D eigenvalue weighted by Gasteiger charge is -2.69. The van der Waals surface area contributed by atoms with Crippen LogP contribution in [0, 0.1) is 10.8 Å². The Labute approximate surface area is 484 Å². The molecule has 4 N–H and O–H groups in total. The number of nitrogens with zero attached hydrogens (tertiary/aromatic N) is 5. The third-order valence-corrected chi connectivity index (χ3v) is 19.6. The molecule has 0 unspecified atom stereocenters. The van der Waals surface area contributed by atoms with Gasteiger partial charge in [0.15, 0.2) is 0 Å². The molecule has 4 aromatic rings. The van der Waals surface area contributed by atoms with Gasteiger partial charge in [-0.3, -0.25) is 38.7 Å². The predicted octanol–water partition coefficient (Wildman–Crippen LogP) is 8.00. The molecular weight excluding hydrogens is 1150 g/mol. The van der Waals surface area contributed by atoms with Gasteiger partial charge in [-0.05, 0) is 60.9 Å². The number of alkyl halides is 2. The van der Waals surface area contributed by atoms with Crippen molar-refractivity contribution in [2.24, 2.45) is 10.8 Å². The smallest absolute Gasteiger partial charge is 0.480 e. The Morgan fingerprint density at radius 2 is 1.27 bits per heavy atom. The minimum Gasteiger partial charge on any atom is -0.480 e. The van der Waals surface area contributed by atoms with Crippen molar-refractivity contribution in [3.63, 3.8) is 0 Å². The highest BCUT2D eigenvalue weighted by Crippen LogP contribution is 2.75. The fourth-order valence-corrected chi connectivity index (χ4v) is 14.8.